The zero-order valence-corrected chi connectivity index (χ0v) is 15.7. The minimum absolute atomic E-state index is 0.0425. The number of nitrogens with one attached hydrogen (secondary N) is 3. The Morgan fingerprint density at radius 2 is 1.88 bits per heavy atom. The molecule has 1 aromatic carbocycles. The van der Waals surface area contributed by atoms with E-state index >= 15 is 0 Å². The summed E-state index contributed by atoms with van der Waals surface area (Å²) in [4.78, 5) is 16.0. The number of rotatable bonds is 11. The Morgan fingerprint density at radius 1 is 1.12 bits per heavy atom. The lowest BCUT2D eigenvalue weighted by Crippen LogP contribution is -2.43. The number of amides is 1. The van der Waals surface area contributed by atoms with Crippen molar-refractivity contribution in [3.63, 3.8) is 0 Å². The van der Waals surface area contributed by atoms with E-state index in [2.05, 4.69) is 46.9 Å². The Bertz CT molecular complexity index is 503. The normalized spacial score (nSPS) is 11.4. The molecule has 140 valence electrons. The summed E-state index contributed by atoms with van der Waals surface area (Å²) in [6.45, 7) is 7.37. The summed E-state index contributed by atoms with van der Waals surface area (Å²) in [7, 11) is 1.69. The third kappa shape index (κ3) is 11.2. The lowest BCUT2D eigenvalue weighted by atomic mass is 10.1. The summed E-state index contributed by atoms with van der Waals surface area (Å²) in [6, 6.07) is 10.1. The molecule has 1 amide bonds. The molecule has 3 N–H and O–H groups in total. The van der Waals surface area contributed by atoms with Crippen LogP contribution in [0.3, 0.4) is 0 Å². The molecule has 0 fully saturated rings. The minimum atomic E-state index is -0.0425. The molecule has 6 nitrogen and oxygen atoms in total. The number of guanidine groups is 1. The van der Waals surface area contributed by atoms with Crippen molar-refractivity contribution >= 4 is 11.9 Å². The van der Waals surface area contributed by atoms with Gasteiger partial charge >= 0.3 is 0 Å². The molecule has 0 saturated heterocycles. The second-order valence-electron chi connectivity index (χ2n) is 6.26. The maximum absolute atomic E-state index is 11.9. The molecular weight excluding hydrogens is 316 g/mol. The number of ether oxygens (including phenoxy) is 1. The molecule has 0 radical (unpaired) electrons. The van der Waals surface area contributed by atoms with E-state index in [1.807, 2.05) is 18.2 Å². The van der Waals surface area contributed by atoms with Crippen LogP contribution in [0.1, 0.15) is 25.8 Å². The smallest absolute Gasteiger partial charge is 0.239 e. The van der Waals surface area contributed by atoms with Crippen LogP contribution in [0, 0.1) is 5.92 Å². The fourth-order valence-corrected chi connectivity index (χ4v) is 2.14. The van der Waals surface area contributed by atoms with Crippen LogP contribution in [0.5, 0.6) is 0 Å². The number of hydrogen-bond donors (Lipinski definition) is 3. The Morgan fingerprint density at radius 3 is 2.56 bits per heavy atom. The van der Waals surface area contributed by atoms with Crippen LogP contribution in [0.25, 0.3) is 0 Å². The molecule has 0 spiro atoms. The lowest BCUT2D eigenvalue weighted by Gasteiger charge is -2.12. The van der Waals surface area contributed by atoms with E-state index in [-0.39, 0.29) is 12.5 Å². The van der Waals surface area contributed by atoms with Crippen LogP contribution in [-0.2, 0) is 16.0 Å². The Balaban J connectivity index is 2.07. The average molecular weight is 348 g/mol. The van der Waals surface area contributed by atoms with Gasteiger partial charge in [-0.05, 0) is 24.3 Å². The summed E-state index contributed by atoms with van der Waals surface area (Å²) in [6.07, 6.45) is 1.73. The van der Waals surface area contributed by atoms with Crippen LogP contribution in [0.4, 0.5) is 0 Å². The first-order valence-corrected chi connectivity index (χ1v) is 8.94. The fourth-order valence-electron chi connectivity index (χ4n) is 2.14. The zero-order chi connectivity index (χ0) is 18.3. The predicted molar refractivity (Wildman–Crippen MR) is 103 cm³/mol. The summed E-state index contributed by atoms with van der Waals surface area (Å²) in [5, 5.41) is 9.09. The first-order valence-electron chi connectivity index (χ1n) is 8.94. The molecule has 1 aromatic rings. The van der Waals surface area contributed by atoms with E-state index in [1.165, 1.54) is 5.56 Å². The molecule has 0 bridgehead atoms. The summed E-state index contributed by atoms with van der Waals surface area (Å²) in [5.41, 5.74) is 1.22. The molecule has 0 atom stereocenters. The lowest BCUT2D eigenvalue weighted by molar-refractivity contribution is -0.119. The number of nitrogens with zero attached hydrogens (tertiary/aromatic N) is 1. The monoisotopic (exact) mass is 348 g/mol. The third-order valence-electron chi connectivity index (χ3n) is 3.43. The Hall–Kier alpha value is -2.08. The van der Waals surface area contributed by atoms with Crippen molar-refractivity contribution in [3.05, 3.63) is 35.9 Å². The quantitative estimate of drug-likeness (QED) is 0.322. The van der Waals surface area contributed by atoms with Gasteiger partial charge in [-0.25, -0.2) is 0 Å². The van der Waals surface area contributed by atoms with Crippen LogP contribution in [0.15, 0.2) is 35.3 Å². The highest BCUT2D eigenvalue weighted by atomic mass is 16.5. The standard InChI is InChI=1S/C19H32N4O2/c1-16(2)15-25-13-7-11-22-19(20-3)23-14-18(24)21-12-10-17-8-5-4-6-9-17/h4-6,8-9,16H,7,10-15H2,1-3H3,(H,21,24)(H2,20,22,23). The zero-order valence-electron chi connectivity index (χ0n) is 15.7. The topological polar surface area (TPSA) is 74.8 Å². The van der Waals surface area contributed by atoms with Gasteiger partial charge in [-0.3, -0.25) is 9.79 Å². The van der Waals surface area contributed by atoms with Gasteiger partial charge in [0.05, 0.1) is 6.54 Å². The molecule has 0 saturated carbocycles. The van der Waals surface area contributed by atoms with Gasteiger partial charge < -0.3 is 20.7 Å². The highest BCUT2D eigenvalue weighted by Gasteiger charge is 2.03. The minimum Gasteiger partial charge on any atom is -0.381 e. The van der Waals surface area contributed by atoms with Gasteiger partial charge in [-0.2, -0.15) is 0 Å². The van der Waals surface area contributed by atoms with Crippen molar-refractivity contribution in [2.75, 3.05) is 39.9 Å². The van der Waals surface area contributed by atoms with E-state index in [4.69, 9.17) is 4.74 Å². The van der Waals surface area contributed by atoms with Crippen LogP contribution >= 0.6 is 0 Å². The number of carbonyl (C=O) groups excluding carboxylic acids is 1. The van der Waals surface area contributed by atoms with E-state index in [0.29, 0.717) is 18.4 Å². The van der Waals surface area contributed by atoms with Gasteiger partial charge in [-0.1, -0.05) is 44.2 Å². The first-order chi connectivity index (χ1) is 12.1. The maximum atomic E-state index is 11.9. The summed E-state index contributed by atoms with van der Waals surface area (Å²) in [5.74, 6) is 1.14. The van der Waals surface area contributed by atoms with E-state index in [0.717, 1.165) is 32.6 Å². The molecule has 25 heavy (non-hydrogen) atoms. The van der Waals surface area contributed by atoms with Gasteiger partial charge in [0.2, 0.25) is 5.91 Å². The molecule has 0 aliphatic heterocycles. The van der Waals surface area contributed by atoms with Gasteiger partial charge in [0.15, 0.2) is 5.96 Å². The second-order valence-corrected chi connectivity index (χ2v) is 6.26. The number of benzene rings is 1. The summed E-state index contributed by atoms with van der Waals surface area (Å²) < 4.78 is 5.53. The van der Waals surface area contributed by atoms with E-state index in [9.17, 15) is 4.79 Å². The second kappa shape index (κ2) is 13.2. The van der Waals surface area contributed by atoms with Crippen molar-refractivity contribution in [1.82, 2.24) is 16.0 Å². The first kappa shape index (κ1) is 21.0. The Kier molecular flexibility index (Phi) is 11.1. The molecule has 1 rings (SSSR count). The SMILES string of the molecule is CN=C(NCCCOCC(C)C)NCC(=O)NCCc1ccccc1. The fraction of sp³-hybridized carbons (Fsp3) is 0.579. The van der Waals surface area contributed by atoms with Crippen LogP contribution < -0.4 is 16.0 Å². The number of aliphatic imine (C=N–C) groups is 1. The molecule has 0 aliphatic carbocycles. The van der Waals surface area contributed by atoms with Crippen molar-refractivity contribution < 1.29 is 9.53 Å². The highest BCUT2D eigenvalue weighted by molar-refractivity contribution is 5.86. The number of carbonyl (C=O) groups is 1. The van der Waals surface area contributed by atoms with E-state index in [1.54, 1.807) is 7.05 Å². The molecular formula is C19H32N4O2. The van der Waals surface area contributed by atoms with Gasteiger partial charge in [0.25, 0.3) is 0 Å². The molecule has 0 heterocycles. The van der Waals surface area contributed by atoms with Gasteiger partial charge in [-0.15, -0.1) is 0 Å². The van der Waals surface area contributed by atoms with Gasteiger partial charge in [0.1, 0.15) is 0 Å². The molecule has 6 heteroatoms. The van der Waals surface area contributed by atoms with E-state index < -0.39 is 0 Å². The van der Waals surface area contributed by atoms with Crippen molar-refractivity contribution in [1.29, 1.82) is 0 Å². The molecule has 0 aliphatic rings. The largest absolute Gasteiger partial charge is 0.381 e. The van der Waals surface area contributed by atoms with Crippen LogP contribution in [0.2, 0.25) is 0 Å². The van der Waals surface area contributed by atoms with Crippen molar-refractivity contribution in [3.8, 4) is 0 Å². The highest BCUT2D eigenvalue weighted by Crippen LogP contribution is 1.97. The Labute approximate surface area is 151 Å². The molecule has 0 unspecified atom stereocenters. The predicted octanol–water partition coefficient (Wildman–Crippen LogP) is 1.57. The maximum Gasteiger partial charge on any atom is 0.239 e. The molecule has 0 aromatic heterocycles. The third-order valence-corrected chi connectivity index (χ3v) is 3.43. The van der Waals surface area contributed by atoms with Gasteiger partial charge in [0, 0.05) is 33.4 Å². The summed E-state index contributed by atoms with van der Waals surface area (Å²) >= 11 is 0. The number of hydrogen-bond acceptors (Lipinski definition) is 3. The van der Waals surface area contributed by atoms with Crippen LogP contribution in [-0.4, -0.2) is 51.8 Å². The van der Waals surface area contributed by atoms with Crippen molar-refractivity contribution in [2.24, 2.45) is 10.9 Å². The van der Waals surface area contributed by atoms with Crippen molar-refractivity contribution in [2.45, 2.75) is 26.7 Å². The average Bonchev–Trinajstić information content (AvgIpc) is 2.61.